The molecule has 19 heavy (non-hydrogen) atoms. The second-order valence-electron chi connectivity index (χ2n) is 5.45. The van der Waals surface area contributed by atoms with E-state index in [0.717, 1.165) is 0 Å². The van der Waals surface area contributed by atoms with Crippen molar-refractivity contribution in [2.45, 2.75) is 57.8 Å². The van der Waals surface area contributed by atoms with Crippen LogP contribution in [0.3, 0.4) is 0 Å². The molecule has 0 heterocycles. The number of nitrogens with zero attached hydrogens (tertiary/aromatic N) is 1. The molecule has 0 aromatic rings. The predicted molar refractivity (Wildman–Crippen MR) is 71.1 cm³/mol. The number of methoxy groups -OCH3 is 1. The third-order valence-electron chi connectivity index (χ3n) is 3.47. The Morgan fingerprint density at radius 1 is 1.21 bits per heavy atom. The molecule has 0 saturated heterocycles. The predicted octanol–water partition coefficient (Wildman–Crippen LogP) is 2.79. The van der Waals surface area contributed by atoms with E-state index in [2.05, 4.69) is 4.90 Å². The zero-order valence-corrected chi connectivity index (χ0v) is 12.4. The van der Waals surface area contributed by atoms with E-state index in [9.17, 15) is 13.2 Å². The quantitative estimate of drug-likeness (QED) is 0.707. The van der Waals surface area contributed by atoms with Gasteiger partial charge in [-0.1, -0.05) is 0 Å². The first-order chi connectivity index (χ1) is 8.66. The molecular formula is C13H27F3N2O. The third kappa shape index (κ3) is 7.13. The summed E-state index contributed by atoms with van der Waals surface area (Å²) in [6, 6.07) is 0.217. The van der Waals surface area contributed by atoms with Crippen LogP contribution in [0.5, 0.6) is 0 Å². The van der Waals surface area contributed by atoms with E-state index >= 15 is 0 Å². The van der Waals surface area contributed by atoms with Crippen molar-refractivity contribution in [1.82, 2.24) is 4.90 Å². The van der Waals surface area contributed by atoms with E-state index in [1.54, 1.807) is 7.11 Å². The Morgan fingerprint density at radius 3 is 2.16 bits per heavy atom. The molecule has 0 spiro atoms. The van der Waals surface area contributed by atoms with Crippen LogP contribution in [0.2, 0.25) is 0 Å². The summed E-state index contributed by atoms with van der Waals surface area (Å²) in [5, 5.41) is 0. The van der Waals surface area contributed by atoms with Crippen LogP contribution in [0.15, 0.2) is 0 Å². The van der Waals surface area contributed by atoms with E-state index in [4.69, 9.17) is 10.5 Å². The molecule has 6 heteroatoms. The van der Waals surface area contributed by atoms with Gasteiger partial charge in [-0.2, -0.15) is 13.2 Å². The first-order valence-corrected chi connectivity index (χ1v) is 6.69. The molecule has 0 amide bonds. The number of hydrogen-bond acceptors (Lipinski definition) is 3. The minimum absolute atomic E-state index is 0.105. The average molecular weight is 284 g/mol. The lowest BCUT2D eigenvalue weighted by Crippen LogP contribution is -2.55. The molecular weight excluding hydrogens is 257 g/mol. The second kappa shape index (κ2) is 8.07. The fourth-order valence-electron chi connectivity index (χ4n) is 2.37. The largest absolute Gasteiger partial charge is 0.389 e. The molecule has 3 nitrogen and oxygen atoms in total. The minimum Gasteiger partial charge on any atom is -0.383 e. The van der Waals surface area contributed by atoms with E-state index in [1.807, 2.05) is 20.8 Å². The van der Waals surface area contributed by atoms with Gasteiger partial charge in [-0.25, -0.2) is 0 Å². The number of nitrogens with two attached hydrogens (primary N) is 1. The smallest absolute Gasteiger partial charge is 0.383 e. The maximum absolute atomic E-state index is 12.2. The lowest BCUT2D eigenvalue weighted by atomic mass is 9.91. The summed E-state index contributed by atoms with van der Waals surface area (Å²) >= 11 is 0. The van der Waals surface area contributed by atoms with Crippen LogP contribution < -0.4 is 5.73 Å². The van der Waals surface area contributed by atoms with Crippen LogP contribution in [-0.4, -0.2) is 49.5 Å². The second-order valence-corrected chi connectivity index (χ2v) is 5.45. The zero-order valence-electron chi connectivity index (χ0n) is 12.4. The molecule has 0 fully saturated rings. The van der Waals surface area contributed by atoms with Crippen molar-refractivity contribution >= 4 is 0 Å². The highest BCUT2D eigenvalue weighted by Crippen LogP contribution is 2.28. The fourth-order valence-corrected chi connectivity index (χ4v) is 2.37. The van der Waals surface area contributed by atoms with Gasteiger partial charge < -0.3 is 10.5 Å². The number of hydrogen-bond donors (Lipinski definition) is 1. The zero-order chi connectivity index (χ0) is 15.1. The molecule has 0 aliphatic rings. The molecule has 2 N–H and O–H groups in total. The van der Waals surface area contributed by atoms with Crippen molar-refractivity contribution in [2.24, 2.45) is 5.73 Å². The molecule has 0 aromatic heterocycles. The van der Waals surface area contributed by atoms with Gasteiger partial charge in [0, 0.05) is 38.2 Å². The maximum atomic E-state index is 12.2. The molecule has 1 unspecified atom stereocenters. The van der Waals surface area contributed by atoms with Crippen molar-refractivity contribution in [3.05, 3.63) is 0 Å². The van der Waals surface area contributed by atoms with Crippen molar-refractivity contribution < 1.29 is 17.9 Å². The highest BCUT2D eigenvalue weighted by Gasteiger charge is 2.34. The van der Waals surface area contributed by atoms with E-state index in [-0.39, 0.29) is 12.5 Å². The van der Waals surface area contributed by atoms with Crippen molar-refractivity contribution in [3.8, 4) is 0 Å². The van der Waals surface area contributed by atoms with E-state index in [1.165, 1.54) is 0 Å². The standard InChI is InChI=1S/C13H27F3N2O/c1-11(2)18(8-9-19-4)12(3,10-17)6-5-7-13(14,15)16/h11H,5-10,17H2,1-4H3. The van der Waals surface area contributed by atoms with Gasteiger partial charge in [0.25, 0.3) is 0 Å². The van der Waals surface area contributed by atoms with E-state index < -0.39 is 18.1 Å². The molecule has 1 atom stereocenters. The Balaban J connectivity index is 4.59. The first-order valence-electron chi connectivity index (χ1n) is 6.69. The minimum atomic E-state index is -4.09. The number of alkyl halides is 3. The van der Waals surface area contributed by atoms with Crippen LogP contribution in [0.4, 0.5) is 13.2 Å². The summed E-state index contributed by atoms with van der Waals surface area (Å²) in [6.07, 6.45) is -4.30. The third-order valence-corrected chi connectivity index (χ3v) is 3.47. The van der Waals surface area contributed by atoms with Gasteiger partial charge in [-0.15, -0.1) is 0 Å². The van der Waals surface area contributed by atoms with Crippen LogP contribution in [-0.2, 0) is 4.74 Å². The van der Waals surface area contributed by atoms with Gasteiger partial charge in [0.1, 0.15) is 0 Å². The van der Waals surface area contributed by atoms with Crippen molar-refractivity contribution in [2.75, 3.05) is 26.8 Å². The molecule has 0 saturated carbocycles. The molecule has 0 rings (SSSR count). The molecule has 0 aliphatic heterocycles. The average Bonchev–Trinajstić information content (AvgIpc) is 2.27. The van der Waals surface area contributed by atoms with Gasteiger partial charge in [0.15, 0.2) is 0 Å². The Bertz CT molecular complexity index is 247. The van der Waals surface area contributed by atoms with Gasteiger partial charge in [0.05, 0.1) is 6.61 Å². The Labute approximate surface area is 114 Å². The number of halogens is 3. The maximum Gasteiger partial charge on any atom is 0.389 e. The summed E-state index contributed by atoms with van der Waals surface area (Å²) in [6.45, 7) is 7.54. The summed E-state index contributed by atoms with van der Waals surface area (Å²) < 4.78 is 41.8. The lowest BCUT2D eigenvalue weighted by molar-refractivity contribution is -0.137. The van der Waals surface area contributed by atoms with Crippen molar-refractivity contribution in [1.29, 1.82) is 0 Å². The van der Waals surface area contributed by atoms with Crippen molar-refractivity contribution in [3.63, 3.8) is 0 Å². The van der Waals surface area contributed by atoms with Gasteiger partial charge in [-0.3, -0.25) is 4.90 Å². The summed E-state index contributed by atoms with van der Waals surface area (Å²) in [5.74, 6) is 0. The molecule has 0 bridgehead atoms. The molecule has 116 valence electrons. The Kier molecular flexibility index (Phi) is 7.93. The lowest BCUT2D eigenvalue weighted by Gasteiger charge is -2.43. The molecule has 0 radical (unpaired) electrons. The number of ether oxygens (including phenoxy) is 1. The summed E-state index contributed by atoms with van der Waals surface area (Å²) in [5.41, 5.74) is 5.38. The monoisotopic (exact) mass is 284 g/mol. The fraction of sp³-hybridized carbons (Fsp3) is 1.00. The molecule has 0 aliphatic carbocycles. The topological polar surface area (TPSA) is 38.5 Å². The van der Waals surface area contributed by atoms with Crippen LogP contribution in [0.25, 0.3) is 0 Å². The van der Waals surface area contributed by atoms with E-state index in [0.29, 0.717) is 26.1 Å². The Morgan fingerprint density at radius 2 is 1.79 bits per heavy atom. The first kappa shape index (κ1) is 18.7. The van der Waals surface area contributed by atoms with Gasteiger partial charge >= 0.3 is 6.18 Å². The normalized spacial score (nSPS) is 16.1. The van der Waals surface area contributed by atoms with Gasteiger partial charge in [0.2, 0.25) is 0 Å². The summed E-state index contributed by atoms with van der Waals surface area (Å²) in [7, 11) is 1.61. The highest BCUT2D eigenvalue weighted by molar-refractivity contribution is 4.89. The van der Waals surface area contributed by atoms with Crippen LogP contribution in [0, 0.1) is 0 Å². The Hall–Kier alpha value is -0.330. The van der Waals surface area contributed by atoms with Crippen LogP contribution in [0.1, 0.15) is 40.0 Å². The SMILES string of the molecule is COCCN(C(C)C)C(C)(CN)CCCC(F)(F)F. The molecule has 0 aromatic carbocycles. The highest BCUT2D eigenvalue weighted by atomic mass is 19.4. The van der Waals surface area contributed by atoms with Gasteiger partial charge in [-0.05, 0) is 33.6 Å². The summed E-state index contributed by atoms with van der Waals surface area (Å²) in [4.78, 5) is 2.13. The van der Waals surface area contributed by atoms with Crippen LogP contribution >= 0.6 is 0 Å². The number of rotatable bonds is 9.